The summed E-state index contributed by atoms with van der Waals surface area (Å²) in [5.41, 5.74) is 3.14. The third kappa shape index (κ3) is 1.89. The second kappa shape index (κ2) is 4.63. The molecule has 1 aliphatic heterocycles. The largest absolute Gasteiger partial charge is 0.366 e. The Morgan fingerprint density at radius 1 is 0.944 bits per heavy atom. The van der Waals surface area contributed by atoms with Crippen LogP contribution in [0.5, 0.6) is 0 Å². The summed E-state index contributed by atoms with van der Waals surface area (Å²) in [4.78, 5) is 11.2. The summed E-state index contributed by atoms with van der Waals surface area (Å²) in [7, 11) is 0. The van der Waals surface area contributed by atoms with Gasteiger partial charge in [-0.3, -0.25) is 5.32 Å². The van der Waals surface area contributed by atoms with Crippen molar-refractivity contribution in [3.63, 3.8) is 0 Å². The predicted octanol–water partition coefficient (Wildman–Crippen LogP) is 2.64. The van der Waals surface area contributed by atoms with E-state index in [4.69, 9.17) is 0 Å². The summed E-state index contributed by atoms with van der Waals surface area (Å²) in [6.45, 7) is 0. The number of benzene rings is 2. The predicted molar refractivity (Wildman–Crippen MR) is 71.2 cm³/mol. The molecular weight excluding hydrogens is 224 g/mol. The first-order chi connectivity index (χ1) is 8.88. The number of fused-ring (bicyclic) bond motifs is 1. The van der Waals surface area contributed by atoms with Crippen LogP contribution in [0, 0.1) is 0 Å². The third-order valence-electron chi connectivity index (χ3n) is 3.21. The molecule has 3 heteroatoms. The van der Waals surface area contributed by atoms with Gasteiger partial charge in [-0.05, 0) is 17.2 Å². The van der Waals surface area contributed by atoms with Crippen LogP contribution in [-0.4, -0.2) is 6.29 Å². The second-order valence-electron chi connectivity index (χ2n) is 4.36. The molecule has 1 aliphatic rings. The summed E-state index contributed by atoms with van der Waals surface area (Å²) in [6.07, 6.45) is 0.923. The van der Waals surface area contributed by atoms with Gasteiger partial charge >= 0.3 is 0 Å². The molecule has 2 unspecified atom stereocenters. The normalized spacial score (nSPS) is 21.8. The highest BCUT2D eigenvalue weighted by Crippen LogP contribution is 2.31. The van der Waals surface area contributed by atoms with Gasteiger partial charge in [0.1, 0.15) is 12.5 Å². The van der Waals surface area contributed by atoms with Crippen LogP contribution in [-0.2, 0) is 4.79 Å². The van der Waals surface area contributed by atoms with Crippen LogP contribution in [0.2, 0.25) is 0 Å². The van der Waals surface area contributed by atoms with E-state index in [-0.39, 0.29) is 12.2 Å². The number of para-hydroxylation sites is 1. The molecule has 3 rings (SSSR count). The SMILES string of the molecule is O=CC1NC(c2ccccc2)Nc2ccccc21. The molecule has 1 heterocycles. The van der Waals surface area contributed by atoms with E-state index in [1.807, 2.05) is 54.6 Å². The summed E-state index contributed by atoms with van der Waals surface area (Å²) >= 11 is 0. The van der Waals surface area contributed by atoms with E-state index in [0.29, 0.717) is 0 Å². The lowest BCUT2D eigenvalue weighted by atomic mass is 10.0. The number of anilines is 1. The van der Waals surface area contributed by atoms with Gasteiger partial charge in [0.15, 0.2) is 0 Å². The van der Waals surface area contributed by atoms with Crippen molar-refractivity contribution in [2.75, 3.05) is 5.32 Å². The number of hydrogen-bond donors (Lipinski definition) is 2. The van der Waals surface area contributed by atoms with Gasteiger partial charge < -0.3 is 10.1 Å². The fraction of sp³-hybridized carbons (Fsp3) is 0.133. The van der Waals surface area contributed by atoms with E-state index < -0.39 is 0 Å². The zero-order valence-electron chi connectivity index (χ0n) is 9.84. The maximum atomic E-state index is 11.2. The zero-order chi connectivity index (χ0) is 12.4. The molecule has 0 saturated carbocycles. The Balaban J connectivity index is 1.97. The Morgan fingerprint density at radius 2 is 1.67 bits per heavy atom. The molecule has 0 amide bonds. The van der Waals surface area contributed by atoms with Crippen LogP contribution in [0.25, 0.3) is 0 Å². The zero-order valence-corrected chi connectivity index (χ0v) is 9.84. The maximum Gasteiger partial charge on any atom is 0.141 e. The van der Waals surface area contributed by atoms with Gasteiger partial charge in [0.25, 0.3) is 0 Å². The molecule has 2 N–H and O–H groups in total. The molecule has 90 valence electrons. The molecular formula is C15H14N2O. The third-order valence-corrected chi connectivity index (χ3v) is 3.21. The second-order valence-corrected chi connectivity index (χ2v) is 4.36. The van der Waals surface area contributed by atoms with Gasteiger partial charge in [-0.2, -0.15) is 0 Å². The molecule has 0 aromatic heterocycles. The van der Waals surface area contributed by atoms with E-state index in [9.17, 15) is 4.79 Å². The minimum atomic E-state index is -0.257. The summed E-state index contributed by atoms with van der Waals surface area (Å²) in [5.74, 6) is 0. The highest BCUT2D eigenvalue weighted by molar-refractivity contribution is 5.70. The fourth-order valence-corrected chi connectivity index (χ4v) is 2.30. The van der Waals surface area contributed by atoms with Crippen LogP contribution < -0.4 is 10.6 Å². The average Bonchev–Trinajstić information content (AvgIpc) is 2.47. The Kier molecular flexibility index (Phi) is 2.82. The Bertz CT molecular complexity index is 553. The average molecular weight is 238 g/mol. The van der Waals surface area contributed by atoms with Crippen molar-refractivity contribution in [3.05, 3.63) is 65.7 Å². The minimum absolute atomic E-state index is 0.0312. The van der Waals surface area contributed by atoms with Crippen molar-refractivity contribution >= 4 is 12.0 Å². The van der Waals surface area contributed by atoms with Crippen LogP contribution in [0.15, 0.2) is 54.6 Å². The maximum absolute atomic E-state index is 11.2. The van der Waals surface area contributed by atoms with Gasteiger partial charge in [0.2, 0.25) is 0 Å². The van der Waals surface area contributed by atoms with Gasteiger partial charge in [0.05, 0.1) is 6.04 Å². The van der Waals surface area contributed by atoms with Crippen molar-refractivity contribution in [2.45, 2.75) is 12.2 Å². The Labute approximate surface area is 106 Å². The topological polar surface area (TPSA) is 41.1 Å². The van der Waals surface area contributed by atoms with Crippen molar-refractivity contribution in [3.8, 4) is 0 Å². The first-order valence-electron chi connectivity index (χ1n) is 6.00. The highest BCUT2D eigenvalue weighted by Gasteiger charge is 2.25. The number of hydrogen-bond acceptors (Lipinski definition) is 3. The van der Waals surface area contributed by atoms with Crippen molar-refractivity contribution in [2.24, 2.45) is 0 Å². The van der Waals surface area contributed by atoms with Gasteiger partial charge in [-0.15, -0.1) is 0 Å². The number of carbonyl (C=O) groups is 1. The Morgan fingerprint density at radius 3 is 2.44 bits per heavy atom. The molecule has 0 saturated heterocycles. The quantitative estimate of drug-likeness (QED) is 0.790. The molecule has 0 bridgehead atoms. The number of rotatable bonds is 2. The lowest BCUT2D eigenvalue weighted by molar-refractivity contribution is -0.109. The fourth-order valence-electron chi connectivity index (χ4n) is 2.30. The van der Waals surface area contributed by atoms with Gasteiger partial charge in [-0.25, -0.2) is 0 Å². The van der Waals surface area contributed by atoms with Crippen molar-refractivity contribution in [1.82, 2.24) is 5.32 Å². The first kappa shape index (κ1) is 11.0. The van der Waals surface area contributed by atoms with Crippen LogP contribution in [0.4, 0.5) is 5.69 Å². The summed E-state index contributed by atoms with van der Waals surface area (Å²) in [6, 6.07) is 17.7. The van der Waals surface area contributed by atoms with E-state index in [1.165, 1.54) is 0 Å². The van der Waals surface area contributed by atoms with E-state index in [1.54, 1.807) is 0 Å². The molecule has 2 aromatic carbocycles. The summed E-state index contributed by atoms with van der Waals surface area (Å²) < 4.78 is 0. The van der Waals surface area contributed by atoms with Crippen molar-refractivity contribution < 1.29 is 4.79 Å². The standard InChI is InChI=1S/C15H14N2O/c18-10-14-12-8-4-5-9-13(12)16-15(17-14)11-6-2-1-3-7-11/h1-10,14-17H. The molecule has 2 aromatic rings. The first-order valence-corrected chi connectivity index (χ1v) is 6.00. The molecule has 3 nitrogen and oxygen atoms in total. The van der Waals surface area contributed by atoms with E-state index >= 15 is 0 Å². The van der Waals surface area contributed by atoms with Gasteiger partial charge in [0, 0.05) is 5.69 Å². The summed E-state index contributed by atoms with van der Waals surface area (Å²) in [5, 5.41) is 6.70. The lowest BCUT2D eigenvalue weighted by Crippen LogP contribution is -2.37. The van der Waals surface area contributed by atoms with E-state index in [0.717, 1.165) is 23.1 Å². The molecule has 0 radical (unpaired) electrons. The van der Waals surface area contributed by atoms with Crippen LogP contribution in [0.1, 0.15) is 23.3 Å². The van der Waals surface area contributed by atoms with Crippen molar-refractivity contribution in [1.29, 1.82) is 0 Å². The van der Waals surface area contributed by atoms with Crippen LogP contribution >= 0.6 is 0 Å². The molecule has 18 heavy (non-hydrogen) atoms. The molecule has 0 aliphatic carbocycles. The monoisotopic (exact) mass is 238 g/mol. The number of nitrogens with one attached hydrogen (secondary N) is 2. The Hall–Kier alpha value is -2.13. The highest BCUT2D eigenvalue weighted by atomic mass is 16.1. The van der Waals surface area contributed by atoms with E-state index in [2.05, 4.69) is 10.6 Å². The smallest absolute Gasteiger partial charge is 0.141 e. The minimum Gasteiger partial charge on any atom is -0.366 e. The lowest BCUT2D eigenvalue weighted by Gasteiger charge is -2.32. The van der Waals surface area contributed by atoms with Crippen LogP contribution in [0.3, 0.4) is 0 Å². The number of carbonyl (C=O) groups excluding carboxylic acids is 1. The molecule has 0 fully saturated rings. The van der Waals surface area contributed by atoms with Gasteiger partial charge in [-0.1, -0.05) is 48.5 Å². The number of aldehydes is 1. The molecule has 2 atom stereocenters. The molecule has 0 spiro atoms.